The van der Waals surface area contributed by atoms with Crippen molar-refractivity contribution >= 4 is 12.1 Å². The summed E-state index contributed by atoms with van der Waals surface area (Å²) < 4.78 is 4.98. The van der Waals surface area contributed by atoms with Gasteiger partial charge < -0.3 is 14.6 Å². The van der Waals surface area contributed by atoms with E-state index in [4.69, 9.17) is 9.52 Å². The number of carbonyl (C=O) groups excluding carboxylic acids is 1. The van der Waals surface area contributed by atoms with Gasteiger partial charge in [0.1, 0.15) is 17.3 Å². The molecule has 0 aliphatic carbocycles. The van der Waals surface area contributed by atoms with Crippen molar-refractivity contribution in [2.45, 2.75) is 0 Å². The Morgan fingerprint density at radius 3 is 2.83 bits per heavy atom. The summed E-state index contributed by atoms with van der Waals surface area (Å²) in [4.78, 5) is 11.6. The number of nitrogens with zero attached hydrogens (tertiary/aromatic N) is 1. The number of phenolic OH excluding ortho intramolecular Hbond substituents is 2. The standard InChI is InChI=1S/C12H10N2O4/c15-8-3-4-10(11(16)6-8)12(17)14-13-7-9-2-1-5-18-9/h1-7,15-16H,(H,14,17)/b13-7-. The normalized spacial score (nSPS) is 10.7. The minimum Gasteiger partial charge on any atom is -0.508 e. The number of furan rings is 1. The van der Waals surface area contributed by atoms with Gasteiger partial charge in [0.2, 0.25) is 0 Å². The third-order valence-corrected chi connectivity index (χ3v) is 2.13. The van der Waals surface area contributed by atoms with E-state index in [-0.39, 0.29) is 17.1 Å². The van der Waals surface area contributed by atoms with Gasteiger partial charge in [-0.15, -0.1) is 0 Å². The molecule has 18 heavy (non-hydrogen) atoms. The Morgan fingerprint density at radius 2 is 2.17 bits per heavy atom. The van der Waals surface area contributed by atoms with Crippen LogP contribution in [0.4, 0.5) is 0 Å². The van der Waals surface area contributed by atoms with Crippen LogP contribution in [0.3, 0.4) is 0 Å². The molecule has 92 valence electrons. The van der Waals surface area contributed by atoms with E-state index in [0.717, 1.165) is 6.07 Å². The molecule has 2 rings (SSSR count). The van der Waals surface area contributed by atoms with E-state index in [1.165, 1.54) is 24.6 Å². The second kappa shape index (κ2) is 5.05. The first-order chi connectivity index (χ1) is 8.66. The van der Waals surface area contributed by atoms with Crippen molar-refractivity contribution in [3.8, 4) is 11.5 Å². The average molecular weight is 246 g/mol. The summed E-state index contributed by atoms with van der Waals surface area (Å²) in [5.41, 5.74) is 2.24. The summed E-state index contributed by atoms with van der Waals surface area (Å²) in [6, 6.07) is 7.03. The van der Waals surface area contributed by atoms with E-state index < -0.39 is 5.91 Å². The van der Waals surface area contributed by atoms with Gasteiger partial charge >= 0.3 is 0 Å². The largest absolute Gasteiger partial charge is 0.508 e. The number of hydrogen-bond acceptors (Lipinski definition) is 5. The smallest absolute Gasteiger partial charge is 0.275 e. The lowest BCUT2D eigenvalue weighted by atomic mass is 10.2. The molecule has 0 aliphatic rings. The molecule has 1 aromatic carbocycles. The molecule has 0 unspecified atom stereocenters. The van der Waals surface area contributed by atoms with E-state index >= 15 is 0 Å². The van der Waals surface area contributed by atoms with Gasteiger partial charge in [-0.2, -0.15) is 5.10 Å². The van der Waals surface area contributed by atoms with Crippen LogP contribution in [0.1, 0.15) is 16.1 Å². The number of amides is 1. The van der Waals surface area contributed by atoms with Crippen LogP contribution in [0.25, 0.3) is 0 Å². The molecule has 0 saturated heterocycles. The Kier molecular flexibility index (Phi) is 3.29. The molecule has 1 aromatic heterocycles. The fourth-order valence-electron chi connectivity index (χ4n) is 1.29. The van der Waals surface area contributed by atoms with E-state index in [0.29, 0.717) is 5.76 Å². The van der Waals surface area contributed by atoms with Gasteiger partial charge in [-0.1, -0.05) is 0 Å². The van der Waals surface area contributed by atoms with Crippen LogP contribution < -0.4 is 5.43 Å². The maximum atomic E-state index is 11.6. The zero-order chi connectivity index (χ0) is 13.0. The molecular weight excluding hydrogens is 236 g/mol. The average Bonchev–Trinajstić information content (AvgIpc) is 2.81. The molecule has 0 spiro atoms. The molecule has 0 atom stereocenters. The van der Waals surface area contributed by atoms with Gasteiger partial charge in [-0.05, 0) is 24.3 Å². The van der Waals surface area contributed by atoms with E-state index in [1.54, 1.807) is 12.1 Å². The maximum Gasteiger partial charge on any atom is 0.275 e. The summed E-state index contributed by atoms with van der Waals surface area (Å²) in [7, 11) is 0. The summed E-state index contributed by atoms with van der Waals surface area (Å²) in [5.74, 6) is -0.538. The number of aromatic hydroxyl groups is 2. The molecule has 1 heterocycles. The number of benzene rings is 1. The number of hydrazone groups is 1. The highest BCUT2D eigenvalue weighted by molar-refractivity contribution is 5.97. The summed E-state index contributed by atoms with van der Waals surface area (Å²) in [5, 5.41) is 22.2. The first kappa shape index (κ1) is 11.7. The fraction of sp³-hybridized carbons (Fsp3) is 0. The van der Waals surface area contributed by atoms with E-state index in [9.17, 15) is 9.90 Å². The number of rotatable bonds is 3. The molecule has 2 aromatic rings. The van der Waals surface area contributed by atoms with E-state index in [2.05, 4.69) is 10.5 Å². The molecule has 0 saturated carbocycles. The maximum absolute atomic E-state index is 11.6. The van der Waals surface area contributed by atoms with Crippen LogP contribution in [-0.2, 0) is 0 Å². The third kappa shape index (κ3) is 2.67. The van der Waals surface area contributed by atoms with Crippen LogP contribution >= 0.6 is 0 Å². The highest BCUT2D eigenvalue weighted by Gasteiger charge is 2.10. The fourth-order valence-corrected chi connectivity index (χ4v) is 1.29. The molecule has 0 fully saturated rings. The topological polar surface area (TPSA) is 95.1 Å². The lowest BCUT2D eigenvalue weighted by Gasteiger charge is -2.02. The predicted octanol–water partition coefficient (Wildman–Crippen LogP) is 1.45. The van der Waals surface area contributed by atoms with Crippen LogP contribution in [0, 0.1) is 0 Å². The molecule has 0 radical (unpaired) electrons. The highest BCUT2D eigenvalue weighted by Crippen LogP contribution is 2.22. The second-order valence-electron chi connectivity index (χ2n) is 3.42. The first-order valence-electron chi connectivity index (χ1n) is 5.06. The van der Waals surface area contributed by atoms with Gasteiger partial charge in [-0.3, -0.25) is 4.79 Å². The molecule has 0 bridgehead atoms. The van der Waals surface area contributed by atoms with Gasteiger partial charge in [0.05, 0.1) is 18.0 Å². The van der Waals surface area contributed by atoms with Gasteiger partial charge in [-0.25, -0.2) is 5.43 Å². The molecule has 1 amide bonds. The summed E-state index contributed by atoms with van der Waals surface area (Å²) in [6.07, 6.45) is 2.81. The Hall–Kier alpha value is -2.76. The highest BCUT2D eigenvalue weighted by atomic mass is 16.3. The molecule has 0 aliphatic heterocycles. The van der Waals surface area contributed by atoms with Gasteiger partial charge in [0.25, 0.3) is 5.91 Å². The van der Waals surface area contributed by atoms with Crippen molar-refractivity contribution in [3.63, 3.8) is 0 Å². The van der Waals surface area contributed by atoms with Crippen molar-refractivity contribution in [3.05, 3.63) is 47.9 Å². The number of carbonyl (C=O) groups is 1. The van der Waals surface area contributed by atoms with Crippen molar-refractivity contribution in [2.24, 2.45) is 5.10 Å². The lowest BCUT2D eigenvalue weighted by Crippen LogP contribution is -2.17. The van der Waals surface area contributed by atoms with Crippen LogP contribution in [0.15, 0.2) is 46.1 Å². The van der Waals surface area contributed by atoms with Crippen LogP contribution in [0.2, 0.25) is 0 Å². The molecule has 6 nitrogen and oxygen atoms in total. The van der Waals surface area contributed by atoms with Gasteiger partial charge in [0, 0.05) is 6.07 Å². The second-order valence-corrected chi connectivity index (χ2v) is 3.42. The summed E-state index contributed by atoms with van der Waals surface area (Å²) in [6.45, 7) is 0. The minimum absolute atomic E-state index is 0.0180. The monoisotopic (exact) mass is 246 g/mol. The van der Waals surface area contributed by atoms with Crippen LogP contribution in [-0.4, -0.2) is 22.3 Å². The van der Waals surface area contributed by atoms with Crippen molar-refractivity contribution in [2.75, 3.05) is 0 Å². The summed E-state index contributed by atoms with van der Waals surface area (Å²) >= 11 is 0. The molecule has 3 N–H and O–H groups in total. The Labute approximate surface area is 102 Å². The Bertz CT molecular complexity index is 576. The first-order valence-corrected chi connectivity index (χ1v) is 5.06. The zero-order valence-corrected chi connectivity index (χ0v) is 9.20. The Balaban J connectivity index is 2.04. The van der Waals surface area contributed by atoms with Gasteiger partial charge in [0.15, 0.2) is 0 Å². The van der Waals surface area contributed by atoms with Crippen LogP contribution in [0.5, 0.6) is 11.5 Å². The lowest BCUT2D eigenvalue weighted by molar-refractivity contribution is 0.0952. The van der Waals surface area contributed by atoms with Crippen molar-refractivity contribution < 1.29 is 19.4 Å². The number of hydrogen-bond donors (Lipinski definition) is 3. The quantitative estimate of drug-likeness (QED) is 0.564. The predicted molar refractivity (Wildman–Crippen MR) is 63.5 cm³/mol. The molecular formula is C12H10N2O4. The number of nitrogens with one attached hydrogen (secondary N) is 1. The minimum atomic E-state index is -0.588. The van der Waals surface area contributed by atoms with Crippen molar-refractivity contribution in [1.29, 1.82) is 0 Å². The molecule has 6 heteroatoms. The van der Waals surface area contributed by atoms with E-state index in [1.807, 2.05) is 0 Å². The SMILES string of the molecule is O=C(N/N=C\c1ccco1)c1ccc(O)cc1O. The number of phenols is 2. The zero-order valence-electron chi connectivity index (χ0n) is 9.20. The Morgan fingerprint density at radius 1 is 1.33 bits per heavy atom. The third-order valence-electron chi connectivity index (χ3n) is 2.13. The van der Waals surface area contributed by atoms with Crippen molar-refractivity contribution in [1.82, 2.24) is 5.43 Å².